The summed E-state index contributed by atoms with van der Waals surface area (Å²) >= 11 is 0. The van der Waals surface area contributed by atoms with E-state index in [9.17, 15) is 14.7 Å². The number of allylic oxidation sites excluding steroid dienone is 1. The Morgan fingerprint density at radius 1 is 1.50 bits per heavy atom. The molecule has 20 heavy (non-hydrogen) atoms. The Morgan fingerprint density at radius 2 is 2.20 bits per heavy atom. The Bertz CT molecular complexity index is 543. The van der Waals surface area contributed by atoms with E-state index in [1.54, 1.807) is 13.8 Å². The molecular weight excluding hydrogens is 258 g/mol. The first-order chi connectivity index (χ1) is 9.47. The predicted octanol–water partition coefficient (Wildman–Crippen LogP) is 2.24. The molecule has 1 rings (SSSR count). The molecule has 5 nitrogen and oxygen atoms in total. The zero-order valence-electron chi connectivity index (χ0n) is 12.1. The summed E-state index contributed by atoms with van der Waals surface area (Å²) in [5.41, 5.74) is -1.01. The molecule has 0 aliphatic carbocycles. The second-order valence-electron chi connectivity index (χ2n) is 4.86. The monoisotopic (exact) mass is 279 g/mol. The molecule has 1 heterocycles. The Labute approximate surface area is 118 Å². The number of aromatic hydroxyl groups is 1. The normalized spacial score (nSPS) is 11.2. The fourth-order valence-electron chi connectivity index (χ4n) is 1.76. The van der Waals surface area contributed by atoms with E-state index in [0.29, 0.717) is 12.2 Å². The summed E-state index contributed by atoms with van der Waals surface area (Å²) in [6.07, 6.45) is 5.95. The highest BCUT2D eigenvalue weighted by atomic mass is 16.4. The minimum Gasteiger partial charge on any atom is -0.507 e. The minimum atomic E-state index is -0.760. The Hall–Kier alpha value is -2.04. The number of unbranched alkanes of at least 4 members (excludes halogenated alkanes) is 1. The smallest absolute Gasteiger partial charge is 0.350 e. The number of rotatable bonds is 7. The molecule has 0 atom stereocenters. The van der Waals surface area contributed by atoms with Crippen molar-refractivity contribution in [2.75, 3.05) is 7.05 Å². The van der Waals surface area contributed by atoms with Crippen molar-refractivity contribution >= 4 is 5.78 Å². The molecule has 0 aliphatic rings. The molecule has 0 bridgehead atoms. The lowest BCUT2D eigenvalue weighted by Crippen LogP contribution is -2.19. The zero-order valence-corrected chi connectivity index (χ0v) is 12.1. The van der Waals surface area contributed by atoms with E-state index >= 15 is 0 Å². The van der Waals surface area contributed by atoms with Crippen molar-refractivity contribution < 1.29 is 14.3 Å². The van der Waals surface area contributed by atoms with E-state index < -0.39 is 11.4 Å². The van der Waals surface area contributed by atoms with Crippen LogP contribution < -0.4 is 10.9 Å². The maximum absolute atomic E-state index is 11.8. The van der Waals surface area contributed by atoms with Crippen LogP contribution in [0, 0.1) is 5.92 Å². The Kier molecular flexibility index (Phi) is 6.03. The largest absolute Gasteiger partial charge is 0.507 e. The number of carbonyl (C=O) groups excluding carboxylic acids is 1. The Morgan fingerprint density at radius 3 is 2.75 bits per heavy atom. The topological polar surface area (TPSA) is 79.5 Å². The zero-order chi connectivity index (χ0) is 15.1. The predicted molar refractivity (Wildman–Crippen MR) is 76.9 cm³/mol. The van der Waals surface area contributed by atoms with Crippen LogP contribution in [-0.2, 0) is 6.42 Å². The second kappa shape index (κ2) is 7.53. The van der Waals surface area contributed by atoms with Gasteiger partial charge in [0, 0.05) is 25.5 Å². The molecule has 2 N–H and O–H groups in total. The van der Waals surface area contributed by atoms with Gasteiger partial charge in [-0.2, -0.15) is 0 Å². The van der Waals surface area contributed by atoms with Crippen LogP contribution in [0.4, 0.5) is 0 Å². The average Bonchev–Trinajstić information content (AvgIpc) is 2.37. The van der Waals surface area contributed by atoms with Crippen molar-refractivity contribution in [2.24, 2.45) is 5.92 Å². The summed E-state index contributed by atoms with van der Waals surface area (Å²) in [7, 11) is 1.82. The van der Waals surface area contributed by atoms with Crippen molar-refractivity contribution in [1.29, 1.82) is 0 Å². The number of hydrogen-bond donors (Lipinski definition) is 2. The van der Waals surface area contributed by atoms with Crippen molar-refractivity contribution in [2.45, 2.75) is 33.1 Å². The molecule has 0 unspecified atom stereocenters. The van der Waals surface area contributed by atoms with E-state index in [4.69, 9.17) is 4.42 Å². The maximum Gasteiger partial charge on any atom is 0.350 e. The van der Waals surface area contributed by atoms with Crippen LogP contribution in [0.5, 0.6) is 5.75 Å². The van der Waals surface area contributed by atoms with Crippen LogP contribution in [0.1, 0.15) is 42.8 Å². The molecule has 110 valence electrons. The molecule has 5 heteroatoms. The van der Waals surface area contributed by atoms with Gasteiger partial charge in [0.15, 0.2) is 5.78 Å². The fourth-order valence-corrected chi connectivity index (χ4v) is 1.76. The molecule has 0 radical (unpaired) electrons. The molecule has 0 fully saturated rings. The van der Waals surface area contributed by atoms with Gasteiger partial charge < -0.3 is 14.8 Å². The molecule has 1 aromatic heterocycles. The lowest BCUT2D eigenvalue weighted by molar-refractivity contribution is 0.0932. The lowest BCUT2D eigenvalue weighted by Gasteiger charge is -2.06. The number of hydrogen-bond acceptors (Lipinski definition) is 5. The highest BCUT2D eigenvalue weighted by molar-refractivity contribution is 5.99. The highest BCUT2D eigenvalue weighted by Crippen LogP contribution is 2.19. The first kappa shape index (κ1) is 16.0. The molecule has 0 saturated heterocycles. The van der Waals surface area contributed by atoms with Gasteiger partial charge >= 0.3 is 5.63 Å². The summed E-state index contributed by atoms with van der Waals surface area (Å²) in [6, 6.07) is 1.36. The van der Waals surface area contributed by atoms with Gasteiger partial charge in [-0.3, -0.25) is 4.79 Å². The summed E-state index contributed by atoms with van der Waals surface area (Å²) in [5, 5.41) is 12.7. The third-order valence-corrected chi connectivity index (χ3v) is 2.83. The fraction of sp³-hybridized carbons (Fsp3) is 0.467. The van der Waals surface area contributed by atoms with E-state index in [1.165, 1.54) is 6.07 Å². The van der Waals surface area contributed by atoms with Crippen LogP contribution in [0.25, 0.3) is 0 Å². The number of aryl methyl sites for hydroxylation is 1. The van der Waals surface area contributed by atoms with E-state index in [1.807, 2.05) is 19.3 Å². The minimum absolute atomic E-state index is 0.251. The summed E-state index contributed by atoms with van der Waals surface area (Å²) in [4.78, 5) is 23.6. The molecule has 0 saturated carbocycles. The molecule has 0 aromatic carbocycles. The average molecular weight is 279 g/mol. The SMILES string of the molecule is CN/C=C/CCCc1cc(O)c(C(=O)C(C)C)c(=O)o1. The maximum atomic E-state index is 11.8. The number of ketones is 1. The van der Waals surface area contributed by atoms with Crippen LogP contribution in [0.3, 0.4) is 0 Å². The quantitative estimate of drug-likeness (QED) is 0.591. The van der Waals surface area contributed by atoms with Crippen molar-refractivity contribution in [3.05, 3.63) is 40.1 Å². The first-order valence-corrected chi connectivity index (χ1v) is 6.69. The highest BCUT2D eigenvalue weighted by Gasteiger charge is 2.21. The number of nitrogens with one attached hydrogen (secondary N) is 1. The van der Waals surface area contributed by atoms with Crippen LogP contribution in [0.15, 0.2) is 27.6 Å². The molecular formula is C15H21NO4. The third-order valence-electron chi connectivity index (χ3n) is 2.83. The molecule has 0 spiro atoms. The van der Waals surface area contributed by atoms with Crippen LogP contribution in [-0.4, -0.2) is 17.9 Å². The van der Waals surface area contributed by atoms with Crippen molar-refractivity contribution in [3.8, 4) is 5.75 Å². The van der Waals surface area contributed by atoms with Crippen molar-refractivity contribution in [3.63, 3.8) is 0 Å². The number of carbonyl (C=O) groups is 1. The van der Waals surface area contributed by atoms with Crippen LogP contribution in [0.2, 0.25) is 0 Å². The van der Waals surface area contributed by atoms with Gasteiger partial charge in [0.25, 0.3) is 0 Å². The Balaban J connectivity index is 2.81. The number of Topliss-reactive ketones (excluding diaryl/α,β-unsaturated/α-hetero) is 1. The van der Waals surface area contributed by atoms with Gasteiger partial charge in [0.1, 0.15) is 17.1 Å². The molecule has 0 aliphatic heterocycles. The van der Waals surface area contributed by atoms with Crippen LogP contribution >= 0.6 is 0 Å². The summed E-state index contributed by atoms with van der Waals surface area (Å²) in [5.74, 6) is -0.660. The van der Waals surface area contributed by atoms with Gasteiger partial charge in [-0.25, -0.2) is 4.79 Å². The molecule has 1 aromatic rings. The van der Waals surface area contributed by atoms with E-state index in [-0.39, 0.29) is 17.2 Å². The summed E-state index contributed by atoms with van der Waals surface area (Å²) in [6.45, 7) is 3.34. The standard InChI is InChI=1S/C15H21NO4/c1-10(2)14(18)13-12(17)9-11(20-15(13)19)7-5-4-6-8-16-3/h6,8-10,16-17H,4-5,7H2,1-3H3/b8-6+. The van der Waals surface area contributed by atoms with Gasteiger partial charge in [-0.1, -0.05) is 19.9 Å². The summed E-state index contributed by atoms with van der Waals surface area (Å²) < 4.78 is 5.09. The first-order valence-electron chi connectivity index (χ1n) is 6.69. The van der Waals surface area contributed by atoms with Gasteiger partial charge in [-0.05, 0) is 19.0 Å². The lowest BCUT2D eigenvalue weighted by atomic mass is 10.0. The second-order valence-corrected chi connectivity index (χ2v) is 4.86. The van der Waals surface area contributed by atoms with Gasteiger partial charge in [0.05, 0.1) is 0 Å². The van der Waals surface area contributed by atoms with E-state index in [2.05, 4.69) is 5.32 Å². The van der Waals surface area contributed by atoms with Gasteiger partial charge in [-0.15, -0.1) is 0 Å². The van der Waals surface area contributed by atoms with E-state index in [0.717, 1.165) is 12.8 Å². The molecule has 0 amide bonds. The third kappa shape index (κ3) is 4.26. The van der Waals surface area contributed by atoms with Crippen molar-refractivity contribution in [1.82, 2.24) is 5.32 Å². The van der Waals surface area contributed by atoms with Gasteiger partial charge in [0.2, 0.25) is 0 Å².